The second kappa shape index (κ2) is 6.61. The fraction of sp³-hybridized carbons (Fsp3) is 0.333. The molecule has 1 atom stereocenters. The smallest absolute Gasteiger partial charge is 0.410 e. The first-order valence-electron chi connectivity index (χ1n) is 5.33. The van der Waals surface area contributed by atoms with E-state index in [-0.39, 0.29) is 6.61 Å². The van der Waals surface area contributed by atoms with Crippen LogP contribution in [0.25, 0.3) is 0 Å². The number of hydrogen-bond acceptors (Lipinski definition) is 4. The zero-order chi connectivity index (χ0) is 13.5. The van der Waals surface area contributed by atoms with Crippen LogP contribution in [-0.4, -0.2) is 46.9 Å². The minimum atomic E-state index is -1.30. The van der Waals surface area contributed by atoms with E-state index in [9.17, 15) is 9.59 Å². The first-order chi connectivity index (χ1) is 8.56. The maximum absolute atomic E-state index is 11.6. The van der Waals surface area contributed by atoms with Gasteiger partial charge in [-0.15, -0.1) is 0 Å². The number of carbonyl (C=O) groups excluding carboxylic acids is 1. The third-order valence-corrected chi connectivity index (χ3v) is 2.42. The Balaban J connectivity index is 2.52. The van der Waals surface area contributed by atoms with Gasteiger partial charge in [-0.25, -0.2) is 9.59 Å². The van der Waals surface area contributed by atoms with E-state index in [2.05, 4.69) is 0 Å². The van der Waals surface area contributed by atoms with Crippen molar-refractivity contribution in [3.63, 3.8) is 0 Å². The number of carboxylic acid groups (broad SMARTS) is 1. The summed E-state index contributed by atoms with van der Waals surface area (Å²) in [6, 6.07) is 7.72. The molecule has 0 heterocycles. The van der Waals surface area contributed by atoms with Crippen LogP contribution in [0.2, 0.25) is 0 Å². The minimum absolute atomic E-state index is 0.0573. The van der Waals surface area contributed by atoms with Gasteiger partial charge in [0.05, 0.1) is 6.61 Å². The van der Waals surface area contributed by atoms with Crippen LogP contribution in [0.15, 0.2) is 30.3 Å². The molecule has 0 saturated carbocycles. The zero-order valence-electron chi connectivity index (χ0n) is 9.94. The molecule has 0 aliphatic heterocycles. The Morgan fingerprint density at radius 1 is 1.33 bits per heavy atom. The average Bonchev–Trinajstić information content (AvgIpc) is 2.37. The van der Waals surface area contributed by atoms with Gasteiger partial charge >= 0.3 is 12.1 Å². The number of benzene rings is 1. The van der Waals surface area contributed by atoms with Gasteiger partial charge in [-0.05, 0) is 5.56 Å². The molecule has 0 fully saturated rings. The molecular formula is C12H15NO5. The highest BCUT2D eigenvalue weighted by Crippen LogP contribution is 2.04. The number of likely N-dealkylation sites (N-methyl/N-ethyl adjacent to an activating group) is 1. The molecule has 1 aromatic carbocycles. The van der Waals surface area contributed by atoms with Gasteiger partial charge in [0.15, 0.2) is 6.04 Å². The minimum Gasteiger partial charge on any atom is -0.480 e. The number of amides is 1. The van der Waals surface area contributed by atoms with Crippen LogP contribution in [0.3, 0.4) is 0 Å². The van der Waals surface area contributed by atoms with Crippen molar-refractivity contribution in [3.05, 3.63) is 35.9 Å². The summed E-state index contributed by atoms with van der Waals surface area (Å²) in [4.78, 5) is 23.1. The molecule has 6 heteroatoms. The van der Waals surface area contributed by atoms with Crippen molar-refractivity contribution in [2.45, 2.75) is 12.6 Å². The van der Waals surface area contributed by atoms with E-state index >= 15 is 0 Å². The predicted octanol–water partition coefficient (Wildman–Crippen LogP) is 0.701. The molecule has 0 unspecified atom stereocenters. The Morgan fingerprint density at radius 3 is 2.44 bits per heavy atom. The standard InChI is InChI=1S/C12H15NO5/c1-13(10(7-14)11(15)16)12(17)18-8-9-5-3-2-4-6-9/h2-6,10,14H,7-8H2,1H3,(H,15,16)/t10-/m0/s1. The van der Waals surface area contributed by atoms with Crippen molar-refractivity contribution in [2.24, 2.45) is 0 Å². The number of nitrogens with zero attached hydrogens (tertiary/aromatic N) is 1. The topological polar surface area (TPSA) is 87.1 Å². The molecule has 0 aliphatic carbocycles. The molecule has 0 aromatic heterocycles. The van der Waals surface area contributed by atoms with Crippen molar-refractivity contribution in [3.8, 4) is 0 Å². The molecule has 98 valence electrons. The molecule has 6 nitrogen and oxygen atoms in total. The first kappa shape index (κ1) is 14.0. The van der Waals surface area contributed by atoms with Crippen molar-refractivity contribution in [1.29, 1.82) is 0 Å². The quantitative estimate of drug-likeness (QED) is 0.806. The van der Waals surface area contributed by atoms with Gasteiger partial charge in [-0.1, -0.05) is 30.3 Å². The molecule has 0 aliphatic rings. The van der Waals surface area contributed by atoms with E-state index in [0.717, 1.165) is 10.5 Å². The number of aliphatic hydroxyl groups excluding tert-OH is 1. The van der Waals surface area contributed by atoms with E-state index in [1.807, 2.05) is 6.07 Å². The highest BCUT2D eigenvalue weighted by Gasteiger charge is 2.26. The zero-order valence-corrected chi connectivity index (χ0v) is 9.94. The van der Waals surface area contributed by atoms with Crippen LogP contribution in [0.1, 0.15) is 5.56 Å². The van der Waals surface area contributed by atoms with Crippen LogP contribution in [0, 0.1) is 0 Å². The summed E-state index contributed by atoms with van der Waals surface area (Å²) in [6.07, 6.45) is -0.791. The second-order valence-electron chi connectivity index (χ2n) is 3.69. The van der Waals surface area contributed by atoms with Gasteiger partial charge in [-0.2, -0.15) is 0 Å². The average molecular weight is 253 g/mol. The summed E-state index contributed by atoms with van der Waals surface area (Å²) in [7, 11) is 1.27. The summed E-state index contributed by atoms with van der Waals surface area (Å²) in [6.45, 7) is -0.603. The fourth-order valence-electron chi connectivity index (χ4n) is 1.31. The number of aliphatic carboxylic acids is 1. The molecule has 0 spiro atoms. The largest absolute Gasteiger partial charge is 0.480 e. The molecule has 0 bridgehead atoms. The number of rotatable bonds is 5. The SMILES string of the molecule is CN(C(=O)OCc1ccccc1)[C@@H](CO)C(=O)O. The van der Waals surface area contributed by atoms with E-state index < -0.39 is 24.7 Å². The van der Waals surface area contributed by atoms with Crippen LogP contribution < -0.4 is 0 Å². The Bertz CT molecular complexity index is 406. The van der Waals surface area contributed by atoms with Crippen LogP contribution in [0.4, 0.5) is 4.79 Å². The first-order valence-corrected chi connectivity index (χ1v) is 5.33. The van der Waals surface area contributed by atoms with E-state index in [4.69, 9.17) is 14.9 Å². The Morgan fingerprint density at radius 2 is 1.94 bits per heavy atom. The Hall–Kier alpha value is -2.08. The molecule has 1 amide bonds. The highest BCUT2D eigenvalue weighted by molar-refractivity contribution is 5.79. The van der Waals surface area contributed by atoms with Gasteiger partial charge in [0.1, 0.15) is 6.61 Å². The molecule has 2 N–H and O–H groups in total. The highest BCUT2D eigenvalue weighted by atomic mass is 16.6. The number of carbonyl (C=O) groups is 2. The van der Waals surface area contributed by atoms with Crippen molar-refractivity contribution in [2.75, 3.05) is 13.7 Å². The van der Waals surface area contributed by atoms with Gasteiger partial charge in [-0.3, -0.25) is 4.90 Å². The maximum Gasteiger partial charge on any atom is 0.410 e. The molecule has 0 radical (unpaired) electrons. The summed E-state index contributed by atoms with van der Waals surface area (Å²) in [5.41, 5.74) is 0.801. The third kappa shape index (κ3) is 3.74. The summed E-state index contributed by atoms with van der Waals surface area (Å²) in [5, 5.41) is 17.6. The van der Waals surface area contributed by atoms with Gasteiger partial charge in [0.25, 0.3) is 0 Å². The van der Waals surface area contributed by atoms with Crippen LogP contribution in [-0.2, 0) is 16.1 Å². The maximum atomic E-state index is 11.6. The number of aliphatic hydroxyl groups is 1. The molecular weight excluding hydrogens is 238 g/mol. The van der Waals surface area contributed by atoms with E-state index in [1.165, 1.54) is 7.05 Å². The Labute approximate surface area is 104 Å². The number of ether oxygens (including phenoxy) is 1. The molecule has 1 aromatic rings. The number of hydrogen-bond donors (Lipinski definition) is 2. The second-order valence-corrected chi connectivity index (χ2v) is 3.69. The van der Waals surface area contributed by atoms with Crippen molar-refractivity contribution < 1.29 is 24.5 Å². The van der Waals surface area contributed by atoms with Crippen molar-refractivity contribution in [1.82, 2.24) is 4.90 Å². The fourth-order valence-corrected chi connectivity index (χ4v) is 1.31. The number of carboxylic acids is 1. The summed E-state index contributed by atoms with van der Waals surface area (Å²) < 4.78 is 4.94. The van der Waals surface area contributed by atoms with Crippen molar-refractivity contribution >= 4 is 12.1 Å². The monoisotopic (exact) mass is 253 g/mol. The van der Waals surface area contributed by atoms with Gasteiger partial charge < -0.3 is 14.9 Å². The van der Waals surface area contributed by atoms with Crippen LogP contribution >= 0.6 is 0 Å². The van der Waals surface area contributed by atoms with Gasteiger partial charge in [0.2, 0.25) is 0 Å². The Kier molecular flexibility index (Phi) is 5.13. The molecule has 0 saturated heterocycles. The molecule has 1 rings (SSSR count). The summed E-state index contributed by atoms with van der Waals surface area (Å²) in [5.74, 6) is -1.28. The lowest BCUT2D eigenvalue weighted by Gasteiger charge is -2.22. The molecule has 18 heavy (non-hydrogen) atoms. The lowest BCUT2D eigenvalue weighted by Crippen LogP contribution is -2.44. The van der Waals surface area contributed by atoms with E-state index in [1.54, 1.807) is 24.3 Å². The summed E-state index contributed by atoms with van der Waals surface area (Å²) >= 11 is 0. The predicted molar refractivity (Wildman–Crippen MR) is 62.9 cm³/mol. The lowest BCUT2D eigenvalue weighted by atomic mass is 10.2. The lowest BCUT2D eigenvalue weighted by molar-refractivity contribution is -0.143. The normalized spacial score (nSPS) is 11.7. The van der Waals surface area contributed by atoms with Crippen LogP contribution in [0.5, 0.6) is 0 Å². The van der Waals surface area contributed by atoms with Gasteiger partial charge in [0, 0.05) is 7.05 Å². The van der Waals surface area contributed by atoms with E-state index in [0.29, 0.717) is 0 Å². The third-order valence-electron chi connectivity index (χ3n) is 2.42.